The van der Waals surface area contributed by atoms with Gasteiger partial charge in [0.05, 0.1) is 19.1 Å². The summed E-state index contributed by atoms with van der Waals surface area (Å²) >= 11 is 0. The summed E-state index contributed by atoms with van der Waals surface area (Å²) in [6.45, 7) is 4.14. The molecule has 0 aliphatic rings. The minimum atomic E-state index is -0.178. The number of carbonyl (C=O) groups is 1. The van der Waals surface area contributed by atoms with Crippen LogP contribution in [0.25, 0.3) is 0 Å². The normalized spacial score (nSPS) is 9.95. The van der Waals surface area contributed by atoms with Crippen LogP contribution in [0.2, 0.25) is 0 Å². The van der Waals surface area contributed by atoms with Gasteiger partial charge in [-0.1, -0.05) is 13.0 Å². The third-order valence-corrected chi connectivity index (χ3v) is 2.87. The second kappa shape index (κ2) is 9.72. The number of nitrogens with zero attached hydrogens (tertiary/aromatic N) is 3. The summed E-state index contributed by atoms with van der Waals surface area (Å²) in [4.78, 5) is 18.4. The van der Waals surface area contributed by atoms with Crippen LogP contribution >= 0.6 is 0 Å². The van der Waals surface area contributed by atoms with Crippen molar-refractivity contribution >= 4 is 11.7 Å². The highest BCUT2D eigenvalue weighted by Crippen LogP contribution is 2.08. The first kappa shape index (κ1) is 16.9. The molecule has 6 nitrogen and oxygen atoms in total. The maximum absolute atomic E-state index is 12.5. The van der Waals surface area contributed by atoms with Crippen LogP contribution in [0, 0.1) is 11.3 Å². The van der Waals surface area contributed by atoms with E-state index in [0.29, 0.717) is 37.6 Å². The fraction of sp³-hybridized carbons (Fsp3) is 0.533. The molecule has 0 aliphatic heterocycles. The van der Waals surface area contributed by atoms with E-state index in [-0.39, 0.29) is 5.91 Å². The van der Waals surface area contributed by atoms with Crippen LogP contribution in [0.4, 0.5) is 5.82 Å². The zero-order valence-electron chi connectivity index (χ0n) is 12.6. The average Bonchev–Trinajstić information content (AvgIpc) is 2.53. The van der Waals surface area contributed by atoms with E-state index in [1.54, 1.807) is 24.1 Å². The lowest BCUT2D eigenvalue weighted by Gasteiger charge is -2.21. The molecule has 0 fully saturated rings. The number of pyridine rings is 1. The van der Waals surface area contributed by atoms with Gasteiger partial charge in [0, 0.05) is 26.7 Å². The third kappa shape index (κ3) is 5.79. The van der Waals surface area contributed by atoms with Crippen molar-refractivity contribution in [2.24, 2.45) is 0 Å². The van der Waals surface area contributed by atoms with Gasteiger partial charge in [0.15, 0.2) is 0 Å². The zero-order valence-corrected chi connectivity index (χ0v) is 12.6. The Morgan fingerprint density at radius 1 is 1.48 bits per heavy atom. The second-order valence-electron chi connectivity index (χ2n) is 4.53. The first-order valence-corrected chi connectivity index (χ1v) is 7.09. The Labute approximate surface area is 125 Å². The molecule has 0 bridgehead atoms. The van der Waals surface area contributed by atoms with Gasteiger partial charge < -0.3 is 15.0 Å². The van der Waals surface area contributed by atoms with Crippen molar-refractivity contribution in [3.05, 3.63) is 23.9 Å². The number of hydrogen-bond acceptors (Lipinski definition) is 5. The van der Waals surface area contributed by atoms with E-state index in [4.69, 9.17) is 10.00 Å². The summed E-state index contributed by atoms with van der Waals surface area (Å²) in [5.74, 6) is 0.511. The molecule has 21 heavy (non-hydrogen) atoms. The maximum Gasteiger partial charge on any atom is 0.272 e. The van der Waals surface area contributed by atoms with Gasteiger partial charge in [-0.3, -0.25) is 4.79 Å². The Hall–Kier alpha value is -2.13. The number of anilines is 1. The molecule has 1 aromatic heterocycles. The molecule has 114 valence electrons. The fourth-order valence-corrected chi connectivity index (χ4v) is 1.77. The Balaban J connectivity index is 2.79. The Kier molecular flexibility index (Phi) is 7.84. The van der Waals surface area contributed by atoms with Gasteiger partial charge in [0.1, 0.15) is 11.5 Å². The van der Waals surface area contributed by atoms with Crippen LogP contribution in [-0.4, -0.2) is 49.1 Å². The molecule has 1 amide bonds. The molecule has 0 unspecified atom stereocenters. The number of amides is 1. The van der Waals surface area contributed by atoms with E-state index in [0.717, 1.165) is 13.0 Å². The molecule has 0 aromatic carbocycles. The minimum absolute atomic E-state index is 0.178. The Bertz CT molecular complexity index is 485. The second-order valence-corrected chi connectivity index (χ2v) is 4.53. The molecular formula is C15H22N4O2. The highest BCUT2D eigenvalue weighted by Gasteiger charge is 2.16. The predicted octanol–water partition coefficient (Wildman–Crippen LogP) is 1.91. The van der Waals surface area contributed by atoms with Crippen LogP contribution in [-0.2, 0) is 4.74 Å². The van der Waals surface area contributed by atoms with Gasteiger partial charge in [0.2, 0.25) is 0 Å². The van der Waals surface area contributed by atoms with E-state index in [9.17, 15) is 4.79 Å². The van der Waals surface area contributed by atoms with E-state index in [1.165, 1.54) is 0 Å². The first-order valence-electron chi connectivity index (χ1n) is 7.09. The van der Waals surface area contributed by atoms with Gasteiger partial charge in [-0.15, -0.1) is 0 Å². The monoisotopic (exact) mass is 290 g/mol. The van der Waals surface area contributed by atoms with Crippen molar-refractivity contribution in [2.45, 2.75) is 19.8 Å². The SMILES string of the molecule is CCCNc1cccc(C(=O)N(CCC#N)CCOC)n1. The van der Waals surface area contributed by atoms with E-state index < -0.39 is 0 Å². The number of nitriles is 1. The van der Waals surface area contributed by atoms with Gasteiger partial charge in [0.25, 0.3) is 5.91 Å². The van der Waals surface area contributed by atoms with Crippen LogP contribution in [0.5, 0.6) is 0 Å². The van der Waals surface area contributed by atoms with E-state index in [1.807, 2.05) is 6.07 Å². The van der Waals surface area contributed by atoms with Crippen molar-refractivity contribution in [1.82, 2.24) is 9.88 Å². The Morgan fingerprint density at radius 2 is 2.29 bits per heavy atom. The van der Waals surface area contributed by atoms with Crippen LogP contribution in [0.1, 0.15) is 30.3 Å². The van der Waals surface area contributed by atoms with E-state index in [2.05, 4.69) is 23.3 Å². The molecule has 6 heteroatoms. The number of carbonyl (C=O) groups excluding carboxylic acids is 1. The number of rotatable bonds is 9. The molecule has 0 aliphatic carbocycles. The number of nitrogens with one attached hydrogen (secondary N) is 1. The minimum Gasteiger partial charge on any atom is -0.383 e. The molecule has 0 saturated heterocycles. The number of ether oxygens (including phenoxy) is 1. The smallest absolute Gasteiger partial charge is 0.272 e. The van der Waals surface area contributed by atoms with Crippen LogP contribution in [0.3, 0.4) is 0 Å². The molecule has 0 spiro atoms. The van der Waals surface area contributed by atoms with Gasteiger partial charge in [-0.05, 0) is 18.6 Å². The van der Waals surface area contributed by atoms with Crippen LogP contribution in [0.15, 0.2) is 18.2 Å². The first-order chi connectivity index (χ1) is 10.2. The lowest BCUT2D eigenvalue weighted by molar-refractivity contribution is 0.0694. The Morgan fingerprint density at radius 3 is 2.95 bits per heavy atom. The van der Waals surface area contributed by atoms with Gasteiger partial charge >= 0.3 is 0 Å². The number of methoxy groups -OCH3 is 1. The van der Waals surface area contributed by atoms with Crippen molar-refractivity contribution in [3.63, 3.8) is 0 Å². The summed E-state index contributed by atoms with van der Waals surface area (Å²) in [6.07, 6.45) is 1.28. The highest BCUT2D eigenvalue weighted by atomic mass is 16.5. The summed E-state index contributed by atoms with van der Waals surface area (Å²) < 4.78 is 5.01. The van der Waals surface area contributed by atoms with Crippen molar-refractivity contribution in [1.29, 1.82) is 5.26 Å². The lowest BCUT2D eigenvalue weighted by Crippen LogP contribution is -2.35. The summed E-state index contributed by atoms with van der Waals surface area (Å²) in [6, 6.07) is 7.38. The molecule has 1 rings (SSSR count). The molecule has 1 aromatic rings. The van der Waals surface area contributed by atoms with Crippen molar-refractivity contribution in [2.75, 3.05) is 38.7 Å². The zero-order chi connectivity index (χ0) is 15.5. The van der Waals surface area contributed by atoms with Crippen LogP contribution < -0.4 is 5.32 Å². The molecule has 1 heterocycles. The number of hydrogen-bond donors (Lipinski definition) is 1. The predicted molar refractivity (Wildman–Crippen MR) is 81.0 cm³/mol. The largest absolute Gasteiger partial charge is 0.383 e. The standard InChI is InChI=1S/C15H22N4O2/c1-3-9-17-14-7-4-6-13(18-14)15(20)19(10-5-8-16)11-12-21-2/h4,6-7H,3,5,9-12H2,1-2H3,(H,17,18). The summed E-state index contributed by atoms with van der Waals surface area (Å²) in [5, 5.41) is 11.8. The summed E-state index contributed by atoms with van der Waals surface area (Å²) in [5.41, 5.74) is 0.380. The van der Waals surface area contributed by atoms with Crippen molar-refractivity contribution in [3.8, 4) is 6.07 Å². The molecule has 0 saturated carbocycles. The quantitative estimate of drug-likeness (QED) is 0.751. The van der Waals surface area contributed by atoms with Gasteiger partial charge in [-0.25, -0.2) is 4.98 Å². The maximum atomic E-state index is 12.5. The third-order valence-electron chi connectivity index (χ3n) is 2.87. The average molecular weight is 290 g/mol. The lowest BCUT2D eigenvalue weighted by atomic mass is 10.3. The molecule has 1 N–H and O–H groups in total. The van der Waals surface area contributed by atoms with Crippen molar-refractivity contribution < 1.29 is 9.53 Å². The molecule has 0 atom stereocenters. The highest BCUT2D eigenvalue weighted by molar-refractivity contribution is 5.92. The fourth-order valence-electron chi connectivity index (χ4n) is 1.77. The topological polar surface area (TPSA) is 78.2 Å². The van der Waals surface area contributed by atoms with E-state index >= 15 is 0 Å². The number of aromatic nitrogens is 1. The molecule has 0 radical (unpaired) electrons. The van der Waals surface area contributed by atoms with Gasteiger partial charge in [-0.2, -0.15) is 5.26 Å². The molecular weight excluding hydrogens is 268 g/mol. The summed E-state index contributed by atoms with van der Waals surface area (Å²) in [7, 11) is 1.58.